The Morgan fingerprint density at radius 2 is 2.33 bits per heavy atom. The fourth-order valence-electron chi connectivity index (χ4n) is 1.35. The molecule has 4 nitrogen and oxygen atoms in total. The molecule has 1 aliphatic carbocycles. The van der Waals surface area contributed by atoms with E-state index in [2.05, 4.69) is 17.1 Å². The van der Waals surface area contributed by atoms with Gasteiger partial charge in [0.25, 0.3) is 0 Å². The first-order valence-corrected chi connectivity index (χ1v) is 6.96. The summed E-state index contributed by atoms with van der Waals surface area (Å²) in [5.74, 6) is 2.99. The first kappa shape index (κ1) is 10.8. The molecular formula is C10H16N2O2S. The van der Waals surface area contributed by atoms with Gasteiger partial charge in [0.15, 0.2) is 5.82 Å². The minimum Gasteiger partial charge on any atom is -0.338 e. The van der Waals surface area contributed by atoms with Gasteiger partial charge in [-0.15, -0.1) is 0 Å². The summed E-state index contributed by atoms with van der Waals surface area (Å²) in [6.45, 7) is 2.09. The van der Waals surface area contributed by atoms with Gasteiger partial charge in [-0.1, -0.05) is 18.5 Å². The Balaban J connectivity index is 1.84. The summed E-state index contributed by atoms with van der Waals surface area (Å²) in [5.41, 5.74) is 0. The molecule has 5 heteroatoms. The lowest BCUT2D eigenvalue weighted by atomic mass is 10.4. The highest BCUT2D eigenvalue weighted by Gasteiger charge is 2.28. The lowest BCUT2D eigenvalue weighted by Gasteiger charge is -1.95. The molecule has 1 fully saturated rings. The van der Waals surface area contributed by atoms with Crippen molar-refractivity contribution in [2.45, 2.75) is 44.3 Å². The van der Waals surface area contributed by atoms with Crippen molar-refractivity contribution in [3.63, 3.8) is 0 Å². The Morgan fingerprint density at radius 1 is 1.53 bits per heavy atom. The van der Waals surface area contributed by atoms with Crippen LogP contribution in [0.5, 0.6) is 0 Å². The normalized spacial score (nSPS) is 17.9. The van der Waals surface area contributed by atoms with E-state index in [1.807, 2.05) is 0 Å². The molecular weight excluding hydrogens is 212 g/mol. The van der Waals surface area contributed by atoms with Gasteiger partial charge in [-0.2, -0.15) is 4.98 Å². The Bertz CT molecular complexity index is 347. The smallest absolute Gasteiger partial charge is 0.239 e. The van der Waals surface area contributed by atoms with E-state index < -0.39 is 10.8 Å². The zero-order valence-electron chi connectivity index (χ0n) is 8.94. The van der Waals surface area contributed by atoms with Crippen LogP contribution in [0.3, 0.4) is 0 Å². The molecule has 1 aliphatic rings. The maximum atomic E-state index is 11.5. The van der Waals surface area contributed by atoms with Crippen LogP contribution in [-0.2, 0) is 16.6 Å². The average molecular weight is 228 g/mol. The average Bonchev–Trinajstić information content (AvgIpc) is 2.98. The SMILES string of the molecule is CCCCS(=O)Cc1nc(C2CC2)no1. The zero-order valence-corrected chi connectivity index (χ0v) is 9.76. The fourth-order valence-corrected chi connectivity index (χ4v) is 2.50. The van der Waals surface area contributed by atoms with Crippen LogP contribution in [-0.4, -0.2) is 20.1 Å². The van der Waals surface area contributed by atoms with Crippen molar-refractivity contribution in [2.24, 2.45) is 0 Å². The van der Waals surface area contributed by atoms with Crippen molar-refractivity contribution in [1.82, 2.24) is 10.1 Å². The van der Waals surface area contributed by atoms with E-state index in [-0.39, 0.29) is 0 Å². The highest BCUT2D eigenvalue weighted by Crippen LogP contribution is 2.38. The van der Waals surface area contributed by atoms with Crippen LogP contribution >= 0.6 is 0 Å². The third-order valence-electron chi connectivity index (χ3n) is 2.44. The zero-order chi connectivity index (χ0) is 10.7. The van der Waals surface area contributed by atoms with Crippen LogP contribution in [0.4, 0.5) is 0 Å². The lowest BCUT2D eigenvalue weighted by molar-refractivity contribution is 0.384. The summed E-state index contributed by atoms with van der Waals surface area (Å²) in [6, 6.07) is 0. The molecule has 0 spiro atoms. The van der Waals surface area contributed by atoms with Crippen LogP contribution in [0.15, 0.2) is 4.52 Å². The molecule has 0 saturated heterocycles. The molecule has 1 aromatic rings. The number of nitrogens with zero attached hydrogens (tertiary/aromatic N) is 2. The Labute approximate surface area is 91.9 Å². The van der Waals surface area contributed by atoms with Gasteiger partial charge in [-0.3, -0.25) is 4.21 Å². The highest BCUT2D eigenvalue weighted by atomic mass is 32.2. The first-order valence-electron chi connectivity index (χ1n) is 5.47. The molecule has 0 bridgehead atoms. The maximum absolute atomic E-state index is 11.5. The molecule has 1 atom stereocenters. The summed E-state index contributed by atoms with van der Waals surface area (Å²) >= 11 is 0. The fraction of sp³-hybridized carbons (Fsp3) is 0.800. The Hall–Kier alpha value is -0.710. The van der Waals surface area contributed by atoms with Gasteiger partial charge in [0.2, 0.25) is 5.89 Å². The predicted octanol–water partition coefficient (Wildman–Crippen LogP) is 2.00. The second kappa shape index (κ2) is 4.88. The summed E-state index contributed by atoms with van der Waals surface area (Å²) in [5, 5.41) is 3.89. The number of hydrogen-bond donors (Lipinski definition) is 0. The van der Waals surface area contributed by atoms with E-state index in [9.17, 15) is 4.21 Å². The predicted molar refractivity (Wildman–Crippen MR) is 57.9 cm³/mol. The van der Waals surface area contributed by atoms with Crippen molar-refractivity contribution in [3.05, 3.63) is 11.7 Å². The number of unbranched alkanes of at least 4 members (excludes halogenated alkanes) is 1. The molecule has 0 aliphatic heterocycles. The minimum atomic E-state index is -0.847. The van der Waals surface area contributed by atoms with Gasteiger partial charge in [0.1, 0.15) is 5.75 Å². The molecule has 2 rings (SSSR count). The van der Waals surface area contributed by atoms with E-state index in [0.717, 1.165) is 37.3 Å². The Morgan fingerprint density at radius 3 is 3.00 bits per heavy atom. The van der Waals surface area contributed by atoms with Gasteiger partial charge in [-0.25, -0.2) is 0 Å². The molecule has 84 valence electrons. The quantitative estimate of drug-likeness (QED) is 0.747. The minimum absolute atomic E-state index is 0.416. The molecule has 1 unspecified atom stereocenters. The van der Waals surface area contributed by atoms with Gasteiger partial charge in [0.05, 0.1) is 0 Å². The number of hydrogen-bond acceptors (Lipinski definition) is 4. The maximum Gasteiger partial charge on any atom is 0.239 e. The van der Waals surface area contributed by atoms with Crippen molar-refractivity contribution >= 4 is 10.8 Å². The second-order valence-electron chi connectivity index (χ2n) is 3.96. The lowest BCUT2D eigenvalue weighted by Crippen LogP contribution is -2.01. The number of aromatic nitrogens is 2. The van der Waals surface area contributed by atoms with E-state index in [4.69, 9.17) is 4.52 Å². The van der Waals surface area contributed by atoms with Crippen LogP contribution < -0.4 is 0 Å². The van der Waals surface area contributed by atoms with Crippen LogP contribution in [0.2, 0.25) is 0 Å². The van der Waals surface area contributed by atoms with Gasteiger partial charge in [-0.05, 0) is 19.3 Å². The van der Waals surface area contributed by atoms with Crippen molar-refractivity contribution < 1.29 is 8.73 Å². The molecule has 0 N–H and O–H groups in total. The van der Waals surface area contributed by atoms with Crippen LogP contribution in [0.25, 0.3) is 0 Å². The third-order valence-corrected chi connectivity index (χ3v) is 3.75. The van der Waals surface area contributed by atoms with E-state index in [1.54, 1.807) is 0 Å². The topological polar surface area (TPSA) is 56.0 Å². The molecule has 1 heterocycles. The first-order chi connectivity index (χ1) is 7.29. The third kappa shape index (κ3) is 3.12. The summed E-state index contributed by atoms with van der Waals surface area (Å²) in [7, 11) is -0.847. The highest BCUT2D eigenvalue weighted by molar-refractivity contribution is 7.84. The van der Waals surface area contributed by atoms with E-state index in [1.165, 1.54) is 0 Å². The molecule has 1 aromatic heterocycles. The molecule has 0 aromatic carbocycles. The summed E-state index contributed by atoms with van der Waals surface area (Å²) in [6.07, 6.45) is 4.40. The molecule has 0 amide bonds. The summed E-state index contributed by atoms with van der Waals surface area (Å²) in [4.78, 5) is 4.25. The molecule has 0 radical (unpaired) electrons. The Kier molecular flexibility index (Phi) is 3.51. The number of rotatable bonds is 6. The van der Waals surface area contributed by atoms with Gasteiger partial charge in [0, 0.05) is 22.5 Å². The van der Waals surface area contributed by atoms with Gasteiger partial charge < -0.3 is 4.52 Å². The largest absolute Gasteiger partial charge is 0.338 e. The van der Waals surface area contributed by atoms with E-state index >= 15 is 0 Å². The standard InChI is InChI=1S/C10H16N2O2S/c1-2-3-6-15(13)7-9-11-10(12-14-9)8-4-5-8/h8H,2-7H2,1H3. The monoisotopic (exact) mass is 228 g/mol. The molecule has 1 saturated carbocycles. The second-order valence-corrected chi connectivity index (χ2v) is 5.54. The van der Waals surface area contributed by atoms with Crippen LogP contribution in [0, 0.1) is 0 Å². The molecule has 15 heavy (non-hydrogen) atoms. The van der Waals surface area contributed by atoms with Crippen molar-refractivity contribution in [2.75, 3.05) is 5.75 Å². The van der Waals surface area contributed by atoms with Crippen LogP contribution in [0.1, 0.15) is 50.2 Å². The van der Waals surface area contributed by atoms with Gasteiger partial charge >= 0.3 is 0 Å². The van der Waals surface area contributed by atoms with Crippen molar-refractivity contribution in [3.8, 4) is 0 Å². The van der Waals surface area contributed by atoms with Crippen molar-refractivity contribution in [1.29, 1.82) is 0 Å². The summed E-state index contributed by atoms with van der Waals surface area (Å²) < 4.78 is 16.6. The van der Waals surface area contributed by atoms with E-state index in [0.29, 0.717) is 17.6 Å².